The van der Waals surface area contributed by atoms with E-state index in [1.807, 2.05) is 42.8 Å². The van der Waals surface area contributed by atoms with Gasteiger partial charge in [-0.15, -0.1) is 0 Å². The Balaban J connectivity index is 2.53. The lowest BCUT2D eigenvalue weighted by Gasteiger charge is -2.02. The van der Waals surface area contributed by atoms with Gasteiger partial charge in [0.05, 0.1) is 11.4 Å². The van der Waals surface area contributed by atoms with Gasteiger partial charge in [-0.2, -0.15) is 5.10 Å². The summed E-state index contributed by atoms with van der Waals surface area (Å²) < 4.78 is 1.92. The Morgan fingerprint density at radius 2 is 2.23 bits per heavy atom. The quantitative estimate of drug-likeness (QED) is 0.643. The van der Waals surface area contributed by atoms with Crippen molar-refractivity contribution in [2.24, 2.45) is 0 Å². The Labute approximate surface area is 77.8 Å². The molecule has 0 bridgehead atoms. The van der Waals surface area contributed by atoms with Crippen LogP contribution in [-0.4, -0.2) is 9.78 Å². The molecule has 1 aromatic heterocycles. The standard InChI is InChI=1S/C11H11N2/c1-9-8-10(2)13(12-9)11-6-4-3-5-7-11/h3-4,6-8H,1-2H3. The van der Waals surface area contributed by atoms with Crippen molar-refractivity contribution in [3.63, 3.8) is 0 Å². The van der Waals surface area contributed by atoms with Gasteiger partial charge < -0.3 is 0 Å². The number of aryl methyl sites for hydroxylation is 2. The van der Waals surface area contributed by atoms with E-state index in [1.165, 1.54) is 0 Å². The normalized spacial score (nSPS) is 10.3. The molecule has 65 valence electrons. The SMILES string of the molecule is Cc1cc(C)n(-c2c[c]ccc2)n1. The first-order valence-corrected chi connectivity index (χ1v) is 4.27. The highest BCUT2D eigenvalue weighted by Crippen LogP contribution is 2.10. The summed E-state index contributed by atoms with van der Waals surface area (Å²) >= 11 is 0. The summed E-state index contributed by atoms with van der Waals surface area (Å²) in [5.74, 6) is 0. The van der Waals surface area contributed by atoms with E-state index >= 15 is 0 Å². The highest BCUT2D eigenvalue weighted by Gasteiger charge is 2.01. The van der Waals surface area contributed by atoms with Crippen molar-refractivity contribution in [1.29, 1.82) is 0 Å². The molecule has 2 aromatic rings. The minimum absolute atomic E-state index is 1.04. The van der Waals surface area contributed by atoms with Crippen LogP contribution in [0, 0.1) is 19.9 Å². The zero-order valence-electron chi connectivity index (χ0n) is 7.78. The van der Waals surface area contributed by atoms with Crippen molar-refractivity contribution < 1.29 is 0 Å². The molecule has 13 heavy (non-hydrogen) atoms. The third-order valence-electron chi connectivity index (χ3n) is 1.94. The van der Waals surface area contributed by atoms with Crippen LogP contribution >= 0.6 is 0 Å². The maximum Gasteiger partial charge on any atom is 0.0654 e. The van der Waals surface area contributed by atoms with Gasteiger partial charge >= 0.3 is 0 Å². The van der Waals surface area contributed by atoms with Gasteiger partial charge in [-0.3, -0.25) is 0 Å². The Morgan fingerprint density at radius 1 is 1.38 bits per heavy atom. The topological polar surface area (TPSA) is 17.8 Å². The fourth-order valence-electron chi connectivity index (χ4n) is 1.41. The number of rotatable bonds is 1. The van der Waals surface area contributed by atoms with Crippen molar-refractivity contribution in [3.05, 3.63) is 47.8 Å². The summed E-state index contributed by atoms with van der Waals surface area (Å²) in [7, 11) is 0. The molecule has 1 heterocycles. The number of hydrogen-bond donors (Lipinski definition) is 0. The first-order valence-electron chi connectivity index (χ1n) is 4.27. The van der Waals surface area contributed by atoms with Gasteiger partial charge in [0.15, 0.2) is 0 Å². The van der Waals surface area contributed by atoms with Crippen LogP contribution in [-0.2, 0) is 0 Å². The molecule has 2 rings (SSSR count). The van der Waals surface area contributed by atoms with E-state index in [0.29, 0.717) is 0 Å². The average molecular weight is 171 g/mol. The van der Waals surface area contributed by atoms with E-state index in [-0.39, 0.29) is 0 Å². The molecule has 2 nitrogen and oxygen atoms in total. The van der Waals surface area contributed by atoms with E-state index in [2.05, 4.69) is 17.2 Å². The maximum absolute atomic E-state index is 4.38. The molecule has 0 saturated carbocycles. The van der Waals surface area contributed by atoms with Crippen molar-refractivity contribution in [1.82, 2.24) is 9.78 Å². The summed E-state index contributed by atoms with van der Waals surface area (Å²) in [6.45, 7) is 4.04. The fourth-order valence-corrected chi connectivity index (χ4v) is 1.41. The molecule has 0 N–H and O–H groups in total. The van der Waals surface area contributed by atoms with Gasteiger partial charge in [0, 0.05) is 5.69 Å². The van der Waals surface area contributed by atoms with E-state index in [4.69, 9.17) is 0 Å². The van der Waals surface area contributed by atoms with Crippen LogP contribution in [0.15, 0.2) is 30.3 Å². The average Bonchev–Trinajstić information content (AvgIpc) is 2.47. The number of hydrogen-bond acceptors (Lipinski definition) is 1. The molecule has 0 unspecified atom stereocenters. The van der Waals surface area contributed by atoms with Crippen LogP contribution in [0.4, 0.5) is 0 Å². The first-order chi connectivity index (χ1) is 6.27. The van der Waals surface area contributed by atoms with Crippen LogP contribution < -0.4 is 0 Å². The van der Waals surface area contributed by atoms with Crippen molar-refractivity contribution in [3.8, 4) is 5.69 Å². The second kappa shape index (κ2) is 3.05. The third kappa shape index (κ3) is 1.47. The minimum Gasteiger partial charge on any atom is -0.238 e. The van der Waals surface area contributed by atoms with E-state index < -0.39 is 0 Å². The van der Waals surface area contributed by atoms with Crippen LogP contribution in [0.25, 0.3) is 5.69 Å². The number of nitrogens with zero attached hydrogens (tertiary/aromatic N) is 2. The van der Waals surface area contributed by atoms with Gasteiger partial charge in [0.2, 0.25) is 0 Å². The third-order valence-corrected chi connectivity index (χ3v) is 1.94. The lowest BCUT2D eigenvalue weighted by Crippen LogP contribution is -1.97. The highest BCUT2D eigenvalue weighted by atomic mass is 15.3. The summed E-state index contributed by atoms with van der Waals surface area (Å²) in [5.41, 5.74) is 3.26. The first kappa shape index (κ1) is 8.05. The zero-order chi connectivity index (χ0) is 9.26. The van der Waals surface area contributed by atoms with Crippen molar-refractivity contribution in [2.45, 2.75) is 13.8 Å². The predicted octanol–water partition coefficient (Wildman–Crippen LogP) is 2.29. The maximum atomic E-state index is 4.38. The molecule has 1 aromatic carbocycles. The van der Waals surface area contributed by atoms with Crippen molar-refractivity contribution in [2.75, 3.05) is 0 Å². The molecule has 0 saturated heterocycles. The lowest BCUT2D eigenvalue weighted by molar-refractivity contribution is 0.833. The summed E-state index contributed by atoms with van der Waals surface area (Å²) in [5, 5.41) is 4.38. The van der Waals surface area contributed by atoms with Gasteiger partial charge in [-0.05, 0) is 38.1 Å². The smallest absolute Gasteiger partial charge is 0.0654 e. The molecule has 0 fully saturated rings. The van der Waals surface area contributed by atoms with Gasteiger partial charge in [-0.25, -0.2) is 4.68 Å². The van der Waals surface area contributed by atoms with Gasteiger partial charge in [0.25, 0.3) is 0 Å². The summed E-state index contributed by atoms with van der Waals surface area (Å²) in [6.07, 6.45) is 0. The van der Waals surface area contributed by atoms with E-state index in [0.717, 1.165) is 17.1 Å². The lowest BCUT2D eigenvalue weighted by atomic mass is 10.3. The largest absolute Gasteiger partial charge is 0.238 e. The second-order valence-electron chi connectivity index (χ2n) is 3.10. The minimum atomic E-state index is 1.04. The Kier molecular flexibility index (Phi) is 1.89. The van der Waals surface area contributed by atoms with Crippen LogP contribution in [0.3, 0.4) is 0 Å². The molecule has 0 atom stereocenters. The summed E-state index contributed by atoms with van der Waals surface area (Å²) in [6, 6.07) is 12.9. The molecule has 1 radical (unpaired) electrons. The Hall–Kier alpha value is -1.57. The molecular formula is C11H11N2. The van der Waals surface area contributed by atoms with Crippen LogP contribution in [0.2, 0.25) is 0 Å². The van der Waals surface area contributed by atoms with E-state index in [1.54, 1.807) is 0 Å². The molecule has 0 spiro atoms. The Bertz CT molecular complexity index is 401. The predicted molar refractivity (Wildman–Crippen MR) is 51.9 cm³/mol. The number of benzene rings is 1. The molecule has 2 heteroatoms. The molecule has 0 aliphatic carbocycles. The zero-order valence-corrected chi connectivity index (χ0v) is 7.78. The monoisotopic (exact) mass is 171 g/mol. The Morgan fingerprint density at radius 3 is 2.77 bits per heavy atom. The van der Waals surface area contributed by atoms with Gasteiger partial charge in [0.1, 0.15) is 0 Å². The van der Waals surface area contributed by atoms with Gasteiger partial charge in [-0.1, -0.05) is 12.1 Å². The molecule has 0 aliphatic heterocycles. The molecule has 0 amide bonds. The van der Waals surface area contributed by atoms with Crippen LogP contribution in [0.1, 0.15) is 11.4 Å². The molecule has 0 aliphatic rings. The molecular weight excluding hydrogens is 160 g/mol. The fraction of sp³-hybridized carbons (Fsp3) is 0.182. The second-order valence-corrected chi connectivity index (χ2v) is 3.10. The van der Waals surface area contributed by atoms with Crippen LogP contribution in [0.5, 0.6) is 0 Å². The summed E-state index contributed by atoms with van der Waals surface area (Å²) in [4.78, 5) is 0. The van der Waals surface area contributed by atoms with Crippen molar-refractivity contribution >= 4 is 0 Å². The van der Waals surface area contributed by atoms with E-state index in [9.17, 15) is 0 Å². The highest BCUT2D eigenvalue weighted by molar-refractivity contribution is 5.32. The number of aromatic nitrogens is 2.